The molecule has 1 aliphatic rings. The Morgan fingerprint density at radius 2 is 1.77 bits per heavy atom. The molecule has 0 spiro atoms. The number of aliphatic imine (C=N–C) groups is 1. The summed E-state index contributed by atoms with van der Waals surface area (Å²) < 4.78 is 0. The van der Waals surface area contributed by atoms with Crippen LogP contribution in [0.25, 0.3) is 0 Å². The number of carbonyl (C=O) groups excluding carboxylic acids is 1. The van der Waals surface area contributed by atoms with Gasteiger partial charge in [0.15, 0.2) is 0 Å². The molecule has 0 aliphatic carbocycles. The van der Waals surface area contributed by atoms with E-state index in [1.54, 1.807) is 0 Å². The second-order valence-electron chi connectivity index (χ2n) is 6.35. The van der Waals surface area contributed by atoms with Crippen molar-refractivity contribution in [3.05, 3.63) is 29.8 Å². The Labute approximate surface area is 164 Å². The van der Waals surface area contributed by atoms with Crippen molar-refractivity contribution in [3.63, 3.8) is 0 Å². The summed E-state index contributed by atoms with van der Waals surface area (Å²) in [6, 6.07) is 7.96. The fraction of sp³-hybridized carbons (Fsp3) is 0.579. The molecule has 0 saturated heterocycles. The van der Waals surface area contributed by atoms with Gasteiger partial charge in [0.05, 0.1) is 5.33 Å². The van der Waals surface area contributed by atoms with Gasteiger partial charge >= 0.3 is 0 Å². The highest BCUT2D eigenvalue weighted by Crippen LogP contribution is 2.16. The largest absolute Gasteiger partial charge is 0.325 e. The van der Waals surface area contributed by atoms with Crippen LogP contribution in [-0.2, 0) is 11.2 Å². The Morgan fingerprint density at radius 1 is 1.04 bits per heavy atom. The van der Waals surface area contributed by atoms with Crippen molar-refractivity contribution in [1.82, 2.24) is 16.0 Å². The fourth-order valence-corrected chi connectivity index (χ4v) is 2.95. The van der Waals surface area contributed by atoms with E-state index in [4.69, 9.17) is 4.99 Å². The van der Waals surface area contributed by atoms with E-state index in [0.29, 0.717) is 5.33 Å². The molecule has 0 unspecified atom stereocenters. The van der Waals surface area contributed by atoms with E-state index in [-0.39, 0.29) is 5.91 Å². The number of benzene rings is 1. The van der Waals surface area contributed by atoms with Crippen LogP contribution >= 0.6 is 15.9 Å². The van der Waals surface area contributed by atoms with Gasteiger partial charge in [0.2, 0.25) is 5.91 Å². The molecule has 4 N–H and O–H groups in total. The summed E-state index contributed by atoms with van der Waals surface area (Å²) in [6.07, 6.45) is 2.88. The quantitative estimate of drug-likeness (QED) is 0.554. The average Bonchev–Trinajstić information content (AvgIpc) is 2.66. The third-order valence-electron chi connectivity index (χ3n) is 4.17. The first-order chi connectivity index (χ1) is 12.8. The molecule has 0 bridgehead atoms. The Kier molecular flexibility index (Phi) is 10.5. The molecule has 2 rings (SSSR count). The van der Waals surface area contributed by atoms with E-state index in [0.717, 1.165) is 82.0 Å². The van der Waals surface area contributed by atoms with Crippen molar-refractivity contribution >= 4 is 33.2 Å². The van der Waals surface area contributed by atoms with Gasteiger partial charge in [-0.05, 0) is 44.1 Å². The van der Waals surface area contributed by atoms with Gasteiger partial charge < -0.3 is 21.3 Å². The lowest BCUT2D eigenvalue weighted by Crippen LogP contribution is -2.32. The Balaban J connectivity index is 2.00. The van der Waals surface area contributed by atoms with Gasteiger partial charge in [-0.15, -0.1) is 0 Å². The van der Waals surface area contributed by atoms with Gasteiger partial charge in [0, 0.05) is 44.0 Å². The molecule has 1 heterocycles. The maximum Gasteiger partial charge on any atom is 0.235 e. The highest BCUT2D eigenvalue weighted by atomic mass is 79.9. The van der Waals surface area contributed by atoms with Crippen molar-refractivity contribution in [2.75, 3.05) is 56.5 Å². The Morgan fingerprint density at radius 3 is 2.58 bits per heavy atom. The van der Waals surface area contributed by atoms with E-state index < -0.39 is 0 Å². The van der Waals surface area contributed by atoms with Crippen LogP contribution in [0.4, 0.5) is 5.69 Å². The van der Waals surface area contributed by atoms with E-state index in [9.17, 15) is 4.79 Å². The van der Waals surface area contributed by atoms with Gasteiger partial charge in [-0.25, -0.2) is 0 Å². The predicted molar refractivity (Wildman–Crippen MR) is 113 cm³/mol. The Bertz CT molecular complexity index is 579. The standard InChI is InChI=1S/C19H30BrN5O/c20-14-19(26)25-18-6-2-1-5-16(18)13-17-15-23-9-3-7-21-11-12-22-8-4-10-24-17/h1-2,5-6,21-23H,3-4,7-15H2,(H,25,26). The molecule has 6 nitrogen and oxygen atoms in total. The van der Waals surface area contributed by atoms with Crippen molar-refractivity contribution in [1.29, 1.82) is 0 Å². The van der Waals surface area contributed by atoms with Crippen LogP contribution < -0.4 is 21.3 Å². The number of nitrogens with one attached hydrogen (secondary N) is 4. The normalized spacial score (nSPS) is 17.8. The minimum absolute atomic E-state index is 0.0397. The number of hydrogen-bond acceptors (Lipinski definition) is 5. The average molecular weight is 424 g/mol. The van der Waals surface area contributed by atoms with Crippen LogP contribution in [-0.4, -0.2) is 62.8 Å². The first-order valence-corrected chi connectivity index (χ1v) is 10.5. The topological polar surface area (TPSA) is 77.5 Å². The van der Waals surface area contributed by atoms with Crippen molar-refractivity contribution in [2.24, 2.45) is 4.99 Å². The van der Waals surface area contributed by atoms with Crippen LogP contribution in [0.15, 0.2) is 29.3 Å². The molecule has 0 atom stereocenters. The summed E-state index contributed by atoms with van der Waals surface area (Å²) in [7, 11) is 0. The second-order valence-corrected chi connectivity index (χ2v) is 6.91. The van der Waals surface area contributed by atoms with E-state index >= 15 is 0 Å². The molecule has 1 aromatic carbocycles. The molecule has 7 heteroatoms. The number of rotatable bonds is 4. The summed E-state index contributed by atoms with van der Waals surface area (Å²) in [6.45, 7) is 6.63. The number of carbonyl (C=O) groups is 1. The summed E-state index contributed by atoms with van der Waals surface area (Å²) in [5.41, 5.74) is 3.10. The Hall–Kier alpha value is -1.28. The van der Waals surface area contributed by atoms with E-state index in [1.807, 2.05) is 18.2 Å². The van der Waals surface area contributed by atoms with Crippen molar-refractivity contribution in [3.8, 4) is 0 Å². The lowest BCUT2D eigenvalue weighted by molar-refractivity contribution is -0.113. The molecule has 144 valence electrons. The van der Waals surface area contributed by atoms with Gasteiger partial charge in [0.1, 0.15) is 0 Å². The third-order valence-corrected chi connectivity index (χ3v) is 4.68. The summed E-state index contributed by atoms with van der Waals surface area (Å²) >= 11 is 3.20. The number of halogens is 1. The smallest absolute Gasteiger partial charge is 0.235 e. The zero-order chi connectivity index (χ0) is 18.5. The fourth-order valence-electron chi connectivity index (χ4n) is 2.81. The molecule has 1 aliphatic heterocycles. The monoisotopic (exact) mass is 423 g/mol. The second kappa shape index (κ2) is 13.0. The van der Waals surface area contributed by atoms with Gasteiger partial charge in [0.25, 0.3) is 0 Å². The SMILES string of the molecule is O=C(CBr)Nc1ccccc1CC1=NCCCNCCNCCCNC1. The van der Waals surface area contributed by atoms with Gasteiger partial charge in [-0.2, -0.15) is 0 Å². The molecule has 26 heavy (non-hydrogen) atoms. The van der Waals surface area contributed by atoms with E-state index in [2.05, 4.69) is 43.3 Å². The zero-order valence-electron chi connectivity index (χ0n) is 15.3. The van der Waals surface area contributed by atoms with Crippen molar-refractivity contribution < 1.29 is 4.79 Å². The minimum atomic E-state index is -0.0397. The first kappa shape index (κ1) is 21.0. The molecule has 0 fully saturated rings. The summed E-state index contributed by atoms with van der Waals surface area (Å²) in [5, 5.41) is 13.6. The zero-order valence-corrected chi connectivity index (χ0v) is 16.9. The molecular formula is C19H30BrN5O. The number of alkyl halides is 1. The predicted octanol–water partition coefficient (Wildman–Crippen LogP) is 1.57. The lowest BCUT2D eigenvalue weighted by Gasteiger charge is -2.14. The molecule has 1 aromatic rings. The summed E-state index contributed by atoms with van der Waals surface area (Å²) in [4.78, 5) is 16.6. The van der Waals surface area contributed by atoms with Crippen molar-refractivity contribution in [2.45, 2.75) is 19.3 Å². The lowest BCUT2D eigenvalue weighted by atomic mass is 10.1. The van der Waals surface area contributed by atoms with Crippen LogP contribution in [0.3, 0.4) is 0 Å². The highest BCUT2D eigenvalue weighted by Gasteiger charge is 2.09. The molecule has 0 radical (unpaired) electrons. The molecular weight excluding hydrogens is 394 g/mol. The number of hydrogen-bond donors (Lipinski definition) is 4. The van der Waals surface area contributed by atoms with Crippen LogP contribution in [0, 0.1) is 0 Å². The van der Waals surface area contributed by atoms with Crippen LogP contribution in [0.1, 0.15) is 18.4 Å². The van der Waals surface area contributed by atoms with Gasteiger partial charge in [-0.1, -0.05) is 34.1 Å². The number of anilines is 1. The number of para-hydroxylation sites is 1. The maximum absolute atomic E-state index is 11.7. The third kappa shape index (κ3) is 8.40. The highest BCUT2D eigenvalue weighted by molar-refractivity contribution is 9.09. The van der Waals surface area contributed by atoms with Crippen LogP contribution in [0.5, 0.6) is 0 Å². The summed E-state index contributed by atoms with van der Waals surface area (Å²) in [5.74, 6) is -0.0397. The van der Waals surface area contributed by atoms with Gasteiger partial charge in [-0.3, -0.25) is 9.79 Å². The number of amides is 1. The minimum Gasteiger partial charge on any atom is -0.325 e. The molecule has 1 amide bonds. The first-order valence-electron chi connectivity index (χ1n) is 9.37. The van der Waals surface area contributed by atoms with Crippen LogP contribution in [0.2, 0.25) is 0 Å². The molecule has 0 aromatic heterocycles. The van der Waals surface area contributed by atoms with E-state index in [1.165, 1.54) is 0 Å². The maximum atomic E-state index is 11.7. The molecule has 0 saturated carbocycles. The number of nitrogens with zero attached hydrogens (tertiary/aromatic N) is 1.